The molecule has 1 heterocycles. The predicted octanol–water partition coefficient (Wildman–Crippen LogP) is 2.40. The molecule has 1 aromatic heterocycles. The summed E-state index contributed by atoms with van der Waals surface area (Å²) in [7, 11) is 1.67. The van der Waals surface area contributed by atoms with Crippen LogP contribution in [0.2, 0.25) is 0 Å². The van der Waals surface area contributed by atoms with E-state index in [1.165, 1.54) is 5.56 Å². The van der Waals surface area contributed by atoms with Crippen LogP contribution in [0, 0.1) is 0 Å². The molecule has 0 unspecified atom stereocenters. The molecule has 0 saturated carbocycles. The van der Waals surface area contributed by atoms with Gasteiger partial charge in [0.1, 0.15) is 5.75 Å². The Balaban J connectivity index is 1.79. The number of aromatic nitrogens is 2. The van der Waals surface area contributed by atoms with E-state index in [4.69, 9.17) is 9.15 Å². The molecule has 0 saturated heterocycles. The van der Waals surface area contributed by atoms with Gasteiger partial charge in [0, 0.05) is 25.4 Å². The first-order chi connectivity index (χ1) is 10.2. The fraction of sp³-hybridized carbons (Fsp3) is 0.500. The monoisotopic (exact) mass is 289 g/mol. The molecule has 0 bridgehead atoms. The average Bonchev–Trinajstić information content (AvgIpc) is 2.93. The Bertz CT molecular complexity index is 535. The highest BCUT2D eigenvalue weighted by molar-refractivity contribution is 5.27. The fourth-order valence-corrected chi connectivity index (χ4v) is 2.00. The summed E-state index contributed by atoms with van der Waals surface area (Å²) in [6.07, 6.45) is 2.42. The second-order valence-corrected chi connectivity index (χ2v) is 5.30. The van der Waals surface area contributed by atoms with Gasteiger partial charge >= 0.3 is 0 Å². The van der Waals surface area contributed by atoms with Gasteiger partial charge < -0.3 is 14.5 Å². The molecule has 0 amide bonds. The molecule has 21 heavy (non-hydrogen) atoms. The van der Waals surface area contributed by atoms with Crippen molar-refractivity contribution in [2.75, 3.05) is 13.7 Å². The first-order valence-electron chi connectivity index (χ1n) is 7.35. The summed E-state index contributed by atoms with van der Waals surface area (Å²) in [5, 5.41) is 11.5. The Kier molecular flexibility index (Phi) is 5.75. The van der Waals surface area contributed by atoms with Crippen LogP contribution in [0.25, 0.3) is 0 Å². The summed E-state index contributed by atoms with van der Waals surface area (Å²) in [6.45, 7) is 5.10. The van der Waals surface area contributed by atoms with Gasteiger partial charge in [0.2, 0.25) is 11.8 Å². The molecule has 5 nitrogen and oxygen atoms in total. The van der Waals surface area contributed by atoms with E-state index in [2.05, 4.69) is 41.5 Å². The normalized spacial score (nSPS) is 11.0. The highest BCUT2D eigenvalue weighted by atomic mass is 16.5. The molecule has 1 N–H and O–H groups in total. The first-order valence-corrected chi connectivity index (χ1v) is 7.35. The zero-order valence-corrected chi connectivity index (χ0v) is 12.9. The van der Waals surface area contributed by atoms with E-state index in [1.807, 2.05) is 12.1 Å². The van der Waals surface area contributed by atoms with Crippen LogP contribution in [0.3, 0.4) is 0 Å². The van der Waals surface area contributed by atoms with Crippen molar-refractivity contribution in [1.29, 1.82) is 0 Å². The molecule has 2 rings (SSSR count). The summed E-state index contributed by atoms with van der Waals surface area (Å²) in [5.74, 6) is 2.27. The van der Waals surface area contributed by atoms with Gasteiger partial charge in [-0.25, -0.2) is 0 Å². The molecule has 0 aliphatic carbocycles. The molecule has 0 aliphatic rings. The number of methoxy groups -OCH3 is 1. The van der Waals surface area contributed by atoms with Gasteiger partial charge in [-0.05, 0) is 24.1 Å². The summed E-state index contributed by atoms with van der Waals surface area (Å²) in [4.78, 5) is 0. The van der Waals surface area contributed by atoms with E-state index in [1.54, 1.807) is 7.11 Å². The van der Waals surface area contributed by atoms with Crippen LogP contribution in [0.1, 0.15) is 31.2 Å². The number of hydrogen-bond donors (Lipinski definition) is 1. The van der Waals surface area contributed by atoms with Crippen LogP contribution in [0.4, 0.5) is 0 Å². The van der Waals surface area contributed by atoms with E-state index in [0.29, 0.717) is 17.8 Å². The summed E-state index contributed by atoms with van der Waals surface area (Å²) < 4.78 is 10.8. The van der Waals surface area contributed by atoms with Crippen molar-refractivity contribution in [3.8, 4) is 5.75 Å². The maximum atomic E-state index is 5.65. The van der Waals surface area contributed by atoms with Crippen molar-refractivity contribution in [2.45, 2.75) is 39.2 Å². The zero-order chi connectivity index (χ0) is 15.1. The fourth-order valence-electron chi connectivity index (χ4n) is 2.00. The standard InChI is InChI=1S/C16H23N3O2/c1-12(2)17-11-10-16-19-18-15(21-16)9-6-13-4-7-14(20-3)8-5-13/h4-5,7-8,12,17H,6,9-11H2,1-3H3. The third-order valence-corrected chi connectivity index (χ3v) is 3.19. The lowest BCUT2D eigenvalue weighted by atomic mass is 10.1. The molecule has 0 atom stereocenters. The van der Waals surface area contributed by atoms with Gasteiger partial charge in [0.05, 0.1) is 7.11 Å². The number of hydrogen-bond acceptors (Lipinski definition) is 5. The van der Waals surface area contributed by atoms with Crippen LogP contribution >= 0.6 is 0 Å². The van der Waals surface area contributed by atoms with Gasteiger partial charge in [0.25, 0.3) is 0 Å². The maximum absolute atomic E-state index is 5.65. The molecule has 0 radical (unpaired) electrons. The Morgan fingerprint density at radius 3 is 2.33 bits per heavy atom. The van der Waals surface area contributed by atoms with Crippen LogP contribution in [0.15, 0.2) is 28.7 Å². The molecular weight excluding hydrogens is 266 g/mol. The topological polar surface area (TPSA) is 60.2 Å². The van der Waals surface area contributed by atoms with E-state index < -0.39 is 0 Å². The SMILES string of the molecule is COc1ccc(CCc2nnc(CCNC(C)C)o2)cc1. The number of aryl methyl sites for hydroxylation is 2. The molecule has 0 spiro atoms. The molecule has 2 aromatic rings. The number of nitrogens with one attached hydrogen (secondary N) is 1. The van der Waals surface area contributed by atoms with Crippen molar-refractivity contribution in [1.82, 2.24) is 15.5 Å². The van der Waals surface area contributed by atoms with Gasteiger partial charge in [-0.3, -0.25) is 0 Å². The smallest absolute Gasteiger partial charge is 0.217 e. The lowest BCUT2D eigenvalue weighted by Gasteiger charge is -2.04. The molecule has 0 aliphatic heterocycles. The highest BCUT2D eigenvalue weighted by Gasteiger charge is 2.06. The number of nitrogens with zero attached hydrogens (tertiary/aromatic N) is 2. The Morgan fingerprint density at radius 1 is 1.05 bits per heavy atom. The van der Waals surface area contributed by atoms with Gasteiger partial charge in [-0.15, -0.1) is 10.2 Å². The van der Waals surface area contributed by atoms with Crippen LogP contribution in [0.5, 0.6) is 5.75 Å². The Labute approximate surface area is 125 Å². The van der Waals surface area contributed by atoms with E-state index in [-0.39, 0.29) is 0 Å². The van der Waals surface area contributed by atoms with Gasteiger partial charge in [-0.2, -0.15) is 0 Å². The Morgan fingerprint density at radius 2 is 1.71 bits per heavy atom. The average molecular weight is 289 g/mol. The highest BCUT2D eigenvalue weighted by Crippen LogP contribution is 2.13. The van der Waals surface area contributed by atoms with Gasteiger partial charge in [-0.1, -0.05) is 26.0 Å². The van der Waals surface area contributed by atoms with Crippen LogP contribution in [-0.4, -0.2) is 29.9 Å². The van der Waals surface area contributed by atoms with Crippen molar-refractivity contribution in [2.24, 2.45) is 0 Å². The largest absolute Gasteiger partial charge is 0.497 e. The van der Waals surface area contributed by atoms with E-state index in [9.17, 15) is 0 Å². The summed E-state index contributed by atoms with van der Waals surface area (Å²) in [6, 6.07) is 8.52. The minimum atomic E-state index is 0.475. The van der Waals surface area contributed by atoms with E-state index in [0.717, 1.165) is 31.6 Å². The van der Waals surface area contributed by atoms with Crippen LogP contribution < -0.4 is 10.1 Å². The predicted molar refractivity (Wildman–Crippen MR) is 81.5 cm³/mol. The van der Waals surface area contributed by atoms with Crippen molar-refractivity contribution < 1.29 is 9.15 Å². The first kappa shape index (κ1) is 15.5. The maximum Gasteiger partial charge on any atom is 0.217 e. The van der Waals surface area contributed by atoms with Gasteiger partial charge in [0.15, 0.2) is 0 Å². The minimum Gasteiger partial charge on any atom is -0.497 e. The minimum absolute atomic E-state index is 0.475. The second kappa shape index (κ2) is 7.78. The van der Waals surface area contributed by atoms with Crippen molar-refractivity contribution in [3.05, 3.63) is 41.6 Å². The number of rotatable bonds is 8. The summed E-state index contributed by atoms with van der Waals surface area (Å²) >= 11 is 0. The molecule has 0 fully saturated rings. The second-order valence-electron chi connectivity index (χ2n) is 5.30. The van der Waals surface area contributed by atoms with Crippen molar-refractivity contribution in [3.63, 3.8) is 0 Å². The molecule has 114 valence electrons. The molecule has 5 heteroatoms. The third-order valence-electron chi connectivity index (χ3n) is 3.19. The lowest BCUT2D eigenvalue weighted by molar-refractivity contribution is 0.414. The summed E-state index contributed by atoms with van der Waals surface area (Å²) in [5.41, 5.74) is 1.23. The number of benzene rings is 1. The third kappa shape index (κ3) is 5.19. The quantitative estimate of drug-likeness (QED) is 0.808. The Hall–Kier alpha value is -1.88. The number of ether oxygens (including phenoxy) is 1. The molecule has 1 aromatic carbocycles. The van der Waals surface area contributed by atoms with E-state index >= 15 is 0 Å². The van der Waals surface area contributed by atoms with Crippen molar-refractivity contribution >= 4 is 0 Å². The van der Waals surface area contributed by atoms with Crippen LogP contribution in [-0.2, 0) is 19.3 Å². The zero-order valence-electron chi connectivity index (χ0n) is 12.9. The molecular formula is C16H23N3O2. The lowest BCUT2D eigenvalue weighted by Crippen LogP contribution is -2.25.